The Morgan fingerprint density at radius 2 is 2.03 bits per heavy atom. The van der Waals surface area contributed by atoms with E-state index in [1.165, 1.54) is 4.90 Å². The second-order valence-electron chi connectivity index (χ2n) is 8.93. The highest BCUT2D eigenvalue weighted by Gasteiger charge is 2.44. The fraction of sp³-hybridized carbons (Fsp3) is 0.435. The van der Waals surface area contributed by atoms with Gasteiger partial charge in [-0.2, -0.15) is 10.4 Å². The average Bonchev–Trinajstić information content (AvgIpc) is 3.73. The maximum atomic E-state index is 13.1. The number of aromatic nitrogens is 2. The first-order valence-corrected chi connectivity index (χ1v) is 11.0. The number of amides is 3. The number of carbonyl (C=O) groups excluding carboxylic acids is 3. The van der Waals surface area contributed by atoms with Crippen molar-refractivity contribution in [2.75, 3.05) is 18.5 Å². The molecule has 1 aliphatic heterocycles. The third-order valence-corrected chi connectivity index (χ3v) is 6.27. The van der Waals surface area contributed by atoms with Crippen molar-refractivity contribution in [1.29, 1.82) is 5.26 Å². The molecule has 0 bridgehead atoms. The Bertz CT molecular complexity index is 1200. The van der Waals surface area contributed by atoms with Gasteiger partial charge in [0.15, 0.2) is 0 Å². The molecule has 33 heavy (non-hydrogen) atoms. The number of rotatable bonds is 6. The Hall–Kier alpha value is -3.74. The molecular weight excluding hydrogens is 427 g/mol. The van der Waals surface area contributed by atoms with E-state index < -0.39 is 12.1 Å². The van der Waals surface area contributed by atoms with Crippen LogP contribution in [0.1, 0.15) is 48.3 Å². The van der Waals surface area contributed by atoms with E-state index in [9.17, 15) is 24.0 Å². The molecule has 9 nitrogen and oxygen atoms in total. The first-order chi connectivity index (χ1) is 15.9. The van der Waals surface area contributed by atoms with Gasteiger partial charge < -0.3 is 15.5 Å². The van der Waals surface area contributed by atoms with E-state index in [0.29, 0.717) is 34.7 Å². The number of nitrogens with one attached hydrogen (secondary N) is 2. The lowest BCUT2D eigenvalue weighted by atomic mass is 10.1. The summed E-state index contributed by atoms with van der Waals surface area (Å²) in [7, 11) is 0. The zero-order chi connectivity index (χ0) is 23.3. The Balaban J connectivity index is 1.39. The zero-order valence-electron chi connectivity index (χ0n) is 18.0. The molecule has 2 fully saturated rings. The van der Waals surface area contributed by atoms with Gasteiger partial charge in [-0.15, -0.1) is 0 Å². The number of carbonyl (C=O) groups is 3. The summed E-state index contributed by atoms with van der Waals surface area (Å²) in [6, 6.07) is 8.54. The van der Waals surface area contributed by atoms with E-state index in [4.69, 9.17) is 0 Å². The number of alkyl halides is 1. The summed E-state index contributed by atoms with van der Waals surface area (Å²) in [4.78, 5) is 38.9. The van der Waals surface area contributed by atoms with Crippen LogP contribution in [-0.2, 0) is 9.59 Å². The van der Waals surface area contributed by atoms with Gasteiger partial charge in [-0.3, -0.25) is 19.1 Å². The Morgan fingerprint density at radius 3 is 2.70 bits per heavy atom. The third kappa shape index (κ3) is 4.06. The SMILES string of the molecule is C[C@H]1CN(CNC(=O)[C@H]2C[C@H]2F)C(=O)c2cc(-c3ccc(C#N)cc3NC(=O)C3CC3)nn21. The fourth-order valence-corrected chi connectivity index (χ4v) is 4.06. The molecule has 3 atom stereocenters. The third-order valence-electron chi connectivity index (χ3n) is 6.27. The Kier molecular flexibility index (Phi) is 5.12. The lowest BCUT2D eigenvalue weighted by molar-refractivity contribution is -0.123. The summed E-state index contributed by atoms with van der Waals surface area (Å²) in [5.74, 6) is -1.38. The van der Waals surface area contributed by atoms with E-state index >= 15 is 0 Å². The number of nitriles is 1. The number of fused-ring (bicyclic) bond motifs is 1. The molecule has 0 spiro atoms. The molecule has 2 saturated carbocycles. The average molecular weight is 450 g/mol. The molecule has 10 heteroatoms. The van der Waals surface area contributed by atoms with E-state index in [1.54, 1.807) is 28.9 Å². The van der Waals surface area contributed by atoms with Crippen molar-refractivity contribution in [3.8, 4) is 17.3 Å². The number of nitrogens with zero attached hydrogens (tertiary/aromatic N) is 4. The van der Waals surface area contributed by atoms with Gasteiger partial charge in [0.2, 0.25) is 11.8 Å². The van der Waals surface area contributed by atoms with Crippen molar-refractivity contribution in [3.63, 3.8) is 0 Å². The van der Waals surface area contributed by atoms with Crippen molar-refractivity contribution >= 4 is 23.4 Å². The minimum atomic E-state index is -1.09. The van der Waals surface area contributed by atoms with Gasteiger partial charge in [0.25, 0.3) is 5.91 Å². The van der Waals surface area contributed by atoms with Crippen LogP contribution in [0.5, 0.6) is 0 Å². The molecule has 3 aliphatic rings. The zero-order valence-corrected chi connectivity index (χ0v) is 18.0. The van der Waals surface area contributed by atoms with Crippen LogP contribution in [0.15, 0.2) is 24.3 Å². The molecule has 3 amide bonds. The highest BCUT2D eigenvalue weighted by atomic mass is 19.1. The molecule has 2 N–H and O–H groups in total. The van der Waals surface area contributed by atoms with E-state index in [2.05, 4.69) is 21.8 Å². The van der Waals surface area contributed by atoms with Crippen LogP contribution in [0.25, 0.3) is 11.3 Å². The predicted octanol–water partition coefficient (Wildman–Crippen LogP) is 2.22. The summed E-state index contributed by atoms with van der Waals surface area (Å²) in [6.07, 6.45) is 0.842. The topological polar surface area (TPSA) is 120 Å². The molecule has 1 aromatic heterocycles. The molecule has 2 aliphatic carbocycles. The van der Waals surface area contributed by atoms with E-state index in [1.807, 2.05) is 6.92 Å². The second-order valence-corrected chi connectivity index (χ2v) is 8.93. The van der Waals surface area contributed by atoms with Crippen LogP contribution in [0.3, 0.4) is 0 Å². The first kappa shape index (κ1) is 21.1. The summed E-state index contributed by atoms with van der Waals surface area (Å²) >= 11 is 0. The molecule has 0 radical (unpaired) electrons. The second kappa shape index (κ2) is 7.99. The number of halogens is 1. The highest BCUT2D eigenvalue weighted by Crippen LogP contribution is 2.35. The molecule has 5 rings (SSSR count). The monoisotopic (exact) mass is 450 g/mol. The smallest absolute Gasteiger partial charge is 0.273 e. The van der Waals surface area contributed by atoms with Gasteiger partial charge in [-0.05, 0) is 50.5 Å². The quantitative estimate of drug-likeness (QED) is 0.699. The summed E-state index contributed by atoms with van der Waals surface area (Å²) < 4.78 is 14.7. The molecule has 2 aromatic rings. The summed E-state index contributed by atoms with van der Waals surface area (Å²) in [5.41, 5.74) is 2.37. The van der Waals surface area contributed by atoms with Gasteiger partial charge in [0.05, 0.1) is 41.6 Å². The lowest BCUT2D eigenvalue weighted by Crippen LogP contribution is -2.48. The minimum absolute atomic E-state index is 0.00526. The van der Waals surface area contributed by atoms with Crippen LogP contribution >= 0.6 is 0 Å². The maximum Gasteiger partial charge on any atom is 0.273 e. The van der Waals surface area contributed by atoms with Crippen LogP contribution in [0.4, 0.5) is 10.1 Å². The van der Waals surface area contributed by atoms with Crippen LogP contribution < -0.4 is 10.6 Å². The Morgan fingerprint density at radius 1 is 1.27 bits per heavy atom. The first-order valence-electron chi connectivity index (χ1n) is 11.0. The van der Waals surface area contributed by atoms with E-state index in [-0.39, 0.29) is 42.8 Å². The van der Waals surface area contributed by atoms with Crippen molar-refractivity contribution in [2.24, 2.45) is 11.8 Å². The predicted molar refractivity (Wildman–Crippen MR) is 115 cm³/mol. The normalized spacial score (nSPS) is 23.5. The molecule has 0 unspecified atom stereocenters. The standard InChI is InChI=1S/C23H23FN6O3/c1-12-10-29(11-26-22(32)16-7-17(16)24)23(33)20-8-19(28-30(12)20)15-5-2-13(9-25)6-18(15)27-21(31)14-3-4-14/h2,5-6,8,12,14,16-17H,3-4,7,10-11H2,1H3,(H,26,32)(H,27,31)/t12-,16-,17+/m0/s1. The maximum absolute atomic E-state index is 13.1. The number of hydrogen-bond donors (Lipinski definition) is 2. The van der Waals surface area contributed by atoms with Gasteiger partial charge in [-0.25, -0.2) is 4.39 Å². The van der Waals surface area contributed by atoms with Crippen molar-refractivity contribution in [1.82, 2.24) is 20.0 Å². The molecule has 1 aromatic carbocycles. The van der Waals surface area contributed by atoms with Crippen molar-refractivity contribution in [2.45, 2.75) is 38.4 Å². The molecule has 170 valence electrons. The highest BCUT2D eigenvalue weighted by molar-refractivity contribution is 5.99. The largest absolute Gasteiger partial charge is 0.338 e. The van der Waals surface area contributed by atoms with Gasteiger partial charge in [0, 0.05) is 18.0 Å². The Labute approximate surface area is 189 Å². The molecule has 0 saturated heterocycles. The van der Waals surface area contributed by atoms with Crippen LogP contribution in [0.2, 0.25) is 0 Å². The van der Waals surface area contributed by atoms with Crippen LogP contribution in [-0.4, -0.2) is 51.8 Å². The summed E-state index contributed by atoms with van der Waals surface area (Å²) in [5, 5.41) is 19.4. The van der Waals surface area contributed by atoms with Crippen molar-refractivity contribution < 1.29 is 18.8 Å². The molecule has 2 heterocycles. The summed E-state index contributed by atoms with van der Waals surface area (Å²) in [6.45, 7) is 2.26. The number of benzene rings is 1. The van der Waals surface area contributed by atoms with Gasteiger partial charge >= 0.3 is 0 Å². The van der Waals surface area contributed by atoms with Gasteiger partial charge in [0.1, 0.15) is 11.9 Å². The van der Waals surface area contributed by atoms with E-state index in [0.717, 1.165) is 12.8 Å². The molecular formula is C23H23FN6O3. The number of hydrogen-bond acceptors (Lipinski definition) is 5. The fourth-order valence-electron chi connectivity index (χ4n) is 4.06. The van der Waals surface area contributed by atoms with Crippen LogP contribution in [0, 0.1) is 23.2 Å². The minimum Gasteiger partial charge on any atom is -0.338 e. The lowest BCUT2D eigenvalue weighted by Gasteiger charge is -2.31. The number of anilines is 1. The van der Waals surface area contributed by atoms with Gasteiger partial charge in [-0.1, -0.05) is 0 Å². The van der Waals surface area contributed by atoms with Crippen molar-refractivity contribution in [3.05, 3.63) is 35.5 Å².